The van der Waals surface area contributed by atoms with Crippen LogP contribution in [0, 0.1) is 5.41 Å². The lowest BCUT2D eigenvalue weighted by molar-refractivity contribution is -0.137. The number of carbonyl (C=O) groups excluding carboxylic acids is 2. The van der Waals surface area contributed by atoms with Gasteiger partial charge in [-0.3, -0.25) is 4.79 Å². The first kappa shape index (κ1) is 12.7. The number of hydrogen-bond acceptors (Lipinski definition) is 3. The molecule has 0 aromatic heterocycles. The van der Waals surface area contributed by atoms with E-state index < -0.39 is 11.4 Å². The summed E-state index contributed by atoms with van der Waals surface area (Å²) in [5.74, 6) is -0.597. The second-order valence-electron chi connectivity index (χ2n) is 3.81. The summed E-state index contributed by atoms with van der Waals surface area (Å²) in [5.41, 5.74) is -0.459. The minimum absolute atomic E-state index is 0.141. The average molecular weight is 199 g/mol. The molecule has 0 rings (SSSR count). The number of esters is 1. The number of nitrogens with one attached hydrogen (secondary N) is 1. The zero-order valence-corrected chi connectivity index (χ0v) is 9.09. The van der Waals surface area contributed by atoms with Crippen LogP contribution in [0.15, 0.2) is 12.3 Å². The second kappa shape index (κ2) is 5.42. The molecule has 4 nitrogen and oxygen atoms in total. The maximum absolute atomic E-state index is 11.3. The fourth-order valence-electron chi connectivity index (χ4n) is 0.592. The van der Waals surface area contributed by atoms with Gasteiger partial charge in [-0.25, -0.2) is 4.79 Å². The van der Waals surface area contributed by atoms with E-state index in [-0.39, 0.29) is 5.91 Å². The smallest absolute Gasteiger partial charge is 0.332 e. The Bertz CT molecular complexity index is 238. The summed E-state index contributed by atoms with van der Waals surface area (Å²) in [6.45, 7) is 7.43. The van der Waals surface area contributed by atoms with Crippen molar-refractivity contribution >= 4 is 11.9 Å². The third-order valence-corrected chi connectivity index (χ3v) is 1.40. The van der Waals surface area contributed by atoms with E-state index in [9.17, 15) is 9.59 Å². The van der Waals surface area contributed by atoms with Crippen LogP contribution in [0.25, 0.3) is 0 Å². The van der Waals surface area contributed by atoms with Crippen LogP contribution in [0.1, 0.15) is 27.7 Å². The largest absolute Gasteiger partial charge is 0.463 e. The van der Waals surface area contributed by atoms with Crippen LogP contribution in [0.4, 0.5) is 0 Å². The lowest BCUT2D eigenvalue weighted by Crippen LogP contribution is -2.31. The van der Waals surface area contributed by atoms with Crippen LogP contribution in [0.3, 0.4) is 0 Å². The molecular weight excluding hydrogens is 182 g/mol. The predicted molar refractivity (Wildman–Crippen MR) is 53.4 cm³/mol. The predicted octanol–water partition coefficient (Wildman–Crippen LogP) is 1.23. The maximum atomic E-state index is 11.3. The van der Waals surface area contributed by atoms with E-state index in [1.165, 1.54) is 12.3 Å². The van der Waals surface area contributed by atoms with Crippen molar-refractivity contribution in [1.82, 2.24) is 5.32 Å². The molecule has 4 heteroatoms. The molecule has 0 aliphatic rings. The van der Waals surface area contributed by atoms with Crippen LogP contribution in [-0.4, -0.2) is 18.5 Å². The third kappa shape index (κ3) is 5.35. The molecule has 1 amide bonds. The first-order valence-corrected chi connectivity index (χ1v) is 4.52. The highest BCUT2D eigenvalue weighted by Gasteiger charge is 2.19. The molecule has 0 aromatic carbocycles. The van der Waals surface area contributed by atoms with Gasteiger partial charge in [0.05, 0.1) is 6.61 Å². The number of carbonyl (C=O) groups is 2. The molecule has 0 spiro atoms. The van der Waals surface area contributed by atoms with Gasteiger partial charge in [0.1, 0.15) is 0 Å². The summed E-state index contributed by atoms with van der Waals surface area (Å²) in [4.78, 5) is 22.1. The molecule has 0 aliphatic carbocycles. The van der Waals surface area contributed by atoms with Crippen molar-refractivity contribution in [3.63, 3.8) is 0 Å². The molecule has 0 unspecified atom stereocenters. The summed E-state index contributed by atoms with van der Waals surface area (Å²) >= 11 is 0. The molecule has 0 bridgehead atoms. The quantitative estimate of drug-likeness (QED) is 0.549. The van der Waals surface area contributed by atoms with Gasteiger partial charge >= 0.3 is 5.97 Å². The zero-order chi connectivity index (χ0) is 11.2. The number of amides is 1. The number of ether oxygens (including phenoxy) is 1. The molecule has 14 heavy (non-hydrogen) atoms. The van der Waals surface area contributed by atoms with Crippen LogP contribution < -0.4 is 5.32 Å². The minimum Gasteiger partial charge on any atom is -0.463 e. The Morgan fingerprint density at radius 1 is 1.36 bits per heavy atom. The SMILES string of the molecule is CCOC(=O)/C=C\NC(=O)C(C)(C)C. The van der Waals surface area contributed by atoms with Gasteiger partial charge in [-0.1, -0.05) is 20.8 Å². The summed E-state index contributed by atoms with van der Waals surface area (Å²) in [5, 5.41) is 2.49. The molecular formula is C10H17NO3. The summed E-state index contributed by atoms with van der Waals surface area (Å²) in [6, 6.07) is 0. The standard InChI is InChI=1S/C10H17NO3/c1-5-14-8(12)6-7-11-9(13)10(2,3)4/h6-7H,5H2,1-4H3,(H,11,13)/b7-6-. The monoisotopic (exact) mass is 199 g/mol. The van der Waals surface area contributed by atoms with Crippen LogP contribution >= 0.6 is 0 Å². The van der Waals surface area contributed by atoms with Crippen LogP contribution in [-0.2, 0) is 14.3 Å². The topological polar surface area (TPSA) is 55.4 Å². The van der Waals surface area contributed by atoms with E-state index in [0.29, 0.717) is 6.61 Å². The second-order valence-corrected chi connectivity index (χ2v) is 3.81. The molecule has 0 heterocycles. The van der Waals surface area contributed by atoms with Crippen molar-refractivity contribution in [2.24, 2.45) is 5.41 Å². The van der Waals surface area contributed by atoms with Crippen molar-refractivity contribution in [1.29, 1.82) is 0 Å². The van der Waals surface area contributed by atoms with Crippen LogP contribution in [0.2, 0.25) is 0 Å². The van der Waals surface area contributed by atoms with E-state index in [1.54, 1.807) is 27.7 Å². The molecule has 80 valence electrons. The first-order valence-electron chi connectivity index (χ1n) is 4.52. The Morgan fingerprint density at radius 3 is 2.36 bits per heavy atom. The molecule has 0 fully saturated rings. The average Bonchev–Trinajstić information content (AvgIpc) is 2.02. The van der Waals surface area contributed by atoms with Crippen LogP contribution in [0.5, 0.6) is 0 Å². The summed E-state index contributed by atoms with van der Waals surface area (Å²) in [6.07, 6.45) is 2.48. The molecule has 1 N–H and O–H groups in total. The van der Waals surface area contributed by atoms with Crippen molar-refractivity contribution in [2.75, 3.05) is 6.61 Å². The highest BCUT2D eigenvalue weighted by molar-refractivity contribution is 5.85. The van der Waals surface area contributed by atoms with E-state index in [0.717, 1.165) is 0 Å². The van der Waals surface area contributed by atoms with Gasteiger partial charge in [-0.05, 0) is 6.92 Å². The van der Waals surface area contributed by atoms with Gasteiger partial charge in [0.15, 0.2) is 0 Å². The van der Waals surface area contributed by atoms with Gasteiger partial charge < -0.3 is 10.1 Å². The van der Waals surface area contributed by atoms with E-state index >= 15 is 0 Å². The maximum Gasteiger partial charge on any atom is 0.332 e. The number of rotatable bonds is 3. The molecule has 0 aromatic rings. The van der Waals surface area contributed by atoms with E-state index in [2.05, 4.69) is 10.1 Å². The van der Waals surface area contributed by atoms with Gasteiger partial charge in [-0.15, -0.1) is 0 Å². The van der Waals surface area contributed by atoms with E-state index in [1.807, 2.05) is 0 Å². The van der Waals surface area contributed by atoms with Gasteiger partial charge in [-0.2, -0.15) is 0 Å². The normalized spacial score (nSPS) is 11.4. The first-order chi connectivity index (χ1) is 6.38. The van der Waals surface area contributed by atoms with Crippen molar-refractivity contribution < 1.29 is 14.3 Å². The van der Waals surface area contributed by atoms with E-state index in [4.69, 9.17) is 0 Å². The molecule has 0 saturated carbocycles. The van der Waals surface area contributed by atoms with Gasteiger partial charge in [0.2, 0.25) is 5.91 Å². The Kier molecular flexibility index (Phi) is 4.91. The highest BCUT2D eigenvalue weighted by Crippen LogP contribution is 2.11. The van der Waals surface area contributed by atoms with Crippen molar-refractivity contribution in [3.8, 4) is 0 Å². The summed E-state index contributed by atoms with van der Waals surface area (Å²) < 4.78 is 4.63. The highest BCUT2D eigenvalue weighted by atomic mass is 16.5. The molecule has 0 aliphatic heterocycles. The molecule has 0 atom stereocenters. The lowest BCUT2D eigenvalue weighted by Gasteiger charge is -2.15. The number of hydrogen-bond donors (Lipinski definition) is 1. The molecule has 0 saturated heterocycles. The Balaban J connectivity index is 3.95. The third-order valence-electron chi connectivity index (χ3n) is 1.40. The van der Waals surface area contributed by atoms with Crippen molar-refractivity contribution in [3.05, 3.63) is 12.3 Å². The Labute approximate surface area is 84.3 Å². The summed E-state index contributed by atoms with van der Waals surface area (Å²) in [7, 11) is 0. The van der Waals surface area contributed by atoms with Crippen molar-refractivity contribution in [2.45, 2.75) is 27.7 Å². The lowest BCUT2D eigenvalue weighted by atomic mass is 9.96. The van der Waals surface area contributed by atoms with Gasteiger partial charge in [0, 0.05) is 17.7 Å². The fourth-order valence-corrected chi connectivity index (χ4v) is 0.592. The zero-order valence-electron chi connectivity index (χ0n) is 9.09. The Hall–Kier alpha value is -1.32. The van der Waals surface area contributed by atoms with Gasteiger partial charge in [0.25, 0.3) is 0 Å². The fraction of sp³-hybridized carbons (Fsp3) is 0.600. The molecule has 0 radical (unpaired) electrons. The Morgan fingerprint density at radius 2 is 1.93 bits per heavy atom. The minimum atomic E-state index is -0.459.